The van der Waals surface area contributed by atoms with E-state index in [0.29, 0.717) is 17.2 Å². The molecule has 0 spiro atoms. The molecule has 1 aromatic heterocycles. The molecule has 2 saturated heterocycles. The quantitative estimate of drug-likeness (QED) is 0.481. The van der Waals surface area contributed by atoms with E-state index in [4.69, 9.17) is 10.00 Å². The van der Waals surface area contributed by atoms with Crippen molar-refractivity contribution >= 4 is 16.8 Å². The van der Waals surface area contributed by atoms with Crippen LogP contribution in [0.25, 0.3) is 10.9 Å². The van der Waals surface area contributed by atoms with E-state index in [0.717, 1.165) is 57.6 Å². The fourth-order valence-corrected chi connectivity index (χ4v) is 5.59. The summed E-state index contributed by atoms with van der Waals surface area (Å²) in [4.78, 5) is 17.4. The topological polar surface area (TPSA) is 61.5 Å². The van der Waals surface area contributed by atoms with Crippen LogP contribution in [0.5, 0.6) is 5.75 Å². The third kappa shape index (κ3) is 5.12. The van der Waals surface area contributed by atoms with E-state index in [2.05, 4.69) is 66.8 Å². The maximum absolute atomic E-state index is 12.9. The van der Waals surface area contributed by atoms with E-state index < -0.39 is 0 Å². The molecule has 0 atom stereocenters. The first-order chi connectivity index (χ1) is 17.3. The molecule has 0 aliphatic carbocycles. The van der Waals surface area contributed by atoms with Crippen LogP contribution in [0.4, 0.5) is 0 Å². The summed E-state index contributed by atoms with van der Waals surface area (Å²) in [5.74, 6) is 1.00. The van der Waals surface area contributed by atoms with Crippen LogP contribution in [0.1, 0.15) is 68.4 Å². The molecule has 2 fully saturated rings. The van der Waals surface area contributed by atoms with Crippen LogP contribution in [0.15, 0.2) is 54.7 Å². The van der Waals surface area contributed by atoms with Crippen molar-refractivity contribution in [3.05, 3.63) is 65.9 Å². The number of fused-ring (bicyclic) bond motifs is 1. The van der Waals surface area contributed by atoms with Crippen molar-refractivity contribution in [2.45, 2.75) is 64.1 Å². The molecule has 0 N–H and O–H groups in total. The van der Waals surface area contributed by atoms with E-state index in [1.165, 1.54) is 10.9 Å². The van der Waals surface area contributed by atoms with Crippen LogP contribution in [0.3, 0.4) is 0 Å². The highest BCUT2D eigenvalue weighted by Crippen LogP contribution is 2.31. The monoisotopic (exact) mass is 484 g/mol. The van der Waals surface area contributed by atoms with Crippen LogP contribution in [-0.2, 0) is 0 Å². The standard InChI is InChI=1S/C30H36N4O2/c1-30(2,3)33-17-13-26(14-18-33)36-27-8-9-28-24(20-27)10-19-34(28)25-11-15-32(16-12-25)29(35)23-6-4-22(21-31)5-7-23/h4-10,19-20,25-26H,11-18H2,1-3H3. The highest BCUT2D eigenvalue weighted by Gasteiger charge is 2.28. The Hall–Kier alpha value is -3.30. The number of benzene rings is 2. The molecule has 3 aromatic rings. The molecule has 1 amide bonds. The van der Waals surface area contributed by atoms with Gasteiger partial charge in [0.2, 0.25) is 0 Å². The van der Waals surface area contributed by atoms with Gasteiger partial charge in [-0.15, -0.1) is 0 Å². The van der Waals surface area contributed by atoms with Crippen molar-refractivity contribution in [3.8, 4) is 11.8 Å². The minimum Gasteiger partial charge on any atom is -0.490 e. The molecule has 0 radical (unpaired) electrons. The number of aromatic nitrogens is 1. The normalized spacial score (nSPS) is 18.3. The molecule has 2 aliphatic heterocycles. The molecule has 0 saturated carbocycles. The van der Waals surface area contributed by atoms with Crippen LogP contribution in [0, 0.1) is 11.3 Å². The molecule has 2 aromatic carbocycles. The lowest BCUT2D eigenvalue weighted by Crippen LogP contribution is -2.48. The summed E-state index contributed by atoms with van der Waals surface area (Å²) in [6, 6.07) is 18.0. The molecule has 6 heteroatoms. The lowest BCUT2D eigenvalue weighted by Gasteiger charge is -2.40. The molecule has 6 nitrogen and oxygen atoms in total. The van der Waals surface area contributed by atoms with Crippen molar-refractivity contribution in [2.75, 3.05) is 26.2 Å². The second kappa shape index (κ2) is 9.99. The zero-order chi connectivity index (χ0) is 25.3. The van der Waals surface area contributed by atoms with Gasteiger partial charge in [-0.3, -0.25) is 9.69 Å². The number of hydrogen-bond donors (Lipinski definition) is 0. The Kier molecular flexibility index (Phi) is 6.77. The van der Waals surface area contributed by atoms with E-state index in [1.54, 1.807) is 24.3 Å². The minimum absolute atomic E-state index is 0.0467. The summed E-state index contributed by atoms with van der Waals surface area (Å²) < 4.78 is 8.74. The third-order valence-electron chi connectivity index (χ3n) is 7.79. The first-order valence-corrected chi connectivity index (χ1v) is 13.1. The Morgan fingerprint density at radius 2 is 1.64 bits per heavy atom. The number of carbonyl (C=O) groups is 1. The first kappa shape index (κ1) is 24.4. The average molecular weight is 485 g/mol. The number of nitrogens with zero attached hydrogens (tertiary/aromatic N) is 4. The largest absolute Gasteiger partial charge is 0.490 e. The smallest absolute Gasteiger partial charge is 0.253 e. The summed E-state index contributed by atoms with van der Waals surface area (Å²) in [5.41, 5.74) is 2.67. The number of piperidine rings is 2. The van der Waals surface area contributed by atoms with Gasteiger partial charge in [0.1, 0.15) is 11.9 Å². The Balaban J connectivity index is 1.19. The lowest BCUT2D eigenvalue weighted by atomic mass is 9.99. The number of likely N-dealkylation sites (tertiary alicyclic amines) is 2. The number of carbonyl (C=O) groups excluding carboxylic acids is 1. The molecule has 0 bridgehead atoms. The predicted molar refractivity (Wildman–Crippen MR) is 142 cm³/mol. The van der Waals surface area contributed by atoms with Crippen molar-refractivity contribution in [3.63, 3.8) is 0 Å². The second-order valence-corrected chi connectivity index (χ2v) is 11.1. The average Bonchev–Trinajstić information content (AvgIpc) is 3.31. The lowest BCUT2D eigenvalue weighted by molar-refractivity contribution is 0.0492. The Labute approximate surface area is 214 Å². The summed E-state index contributed by atoms with van der Waals surface area (Å²) in [5, 5.41) is 10.2. The minimum atomic E-state index is 0.0467. The molecule has 5 rings (SSSR count). The molecule has 0 unspecified atom stereocenters. The summed E-state index contributed by atoms with van der Waals surface area (Å²) in [7, 11) is 0. The Morgan fingerprint density at radius 3 is 2.28 bits per heavy atom. The summed E-state index contributed by atoms with van der Waals surface area (Å²) >= 11 is 0. The second-order valence-electron chi connectivity index (χ2n) is 11.1. The van der Waals surface area contributed by atoms with Gasteiger partial charge in [0.05, 0.1) is 11.6 Å². The first-order valence-electron chi connectivity index (χ1n) is 13.1. The zero-order valence-corrected chi connectivity index (χ0v) is 21.6. The Morgan fingerprint density at radius 1 is 0.944 bits per heavy atom. The fourth-order valence-electron chi connectivity index (χ4n) is 5.59. The van der Waals surface area contributed by atoms with Gasteiger partial charge in [-0.25, -0.2) is 0 Å². The molecular weight excluding hydrogens is 448 g/mol. The number of amides is 1. The van der Waals surface area contributed by atoms with Crippen LogP contribution < -0.4 is 4.74 Å². The molecule has 188 valence electrons. The SMILES string of the molecule is CC(C)(C)N1CCC(Oc2ccc3c(ccn3C3CCN(C(=O)c4ccc(C#N)cc4)CC3)c2)CC1. The zero-order valence-electron chi connectivity index (χ0n) is 21.6. The van der Waals surface area contributed by atoms with E-state index >= 15 is 0 Å². The van der Waals surface area contributed by atoms with E-state index in [-0.39, 0.29) is 17.6 Å². The fraction of sp³-hybridized carbons (Fsp3) is 0.467. The van der Waals surface area contributed by atoms with Gasteiger partial charge in [-0.05, 0) is 95.0 Å². The van der Waals surface area contributed by atoms with Crippen LogP contribution >= 0.6 is 0 Å². The maximum atomic E-state index is 12.9. The van der Waals surface area contributed by atoms with Gasteiger partial charge in [-0.1, -0.05) is 0 Å². The van der Waals surface area contributed by atoms with E-state index in [1.807, 2.05) is 4.90 Å². The number of ether oxygens (including phenoxy) is 1. The highest BCUT2D eigenvalue weighted by atomic mass is 16.5. The Bertz CT molecular complexity index is 1250. The van der Waals surface area contributed by atoms with E-state index in [9.17, 15) is 4.79 Å². The van der Waals surface area contributed by atoms with Crippen molar-refractivity contribution < 1.29 is 9.53 Å². The van der Waals surface area contributed by atoms with Crippen LogP contribution in [-0.4, -0.2) is 58.1 Å². The van der Waals surface area contributed by atoms with Crippen LogP contribution in [0.2, 0.25) is 0 Å². The van der Waals surface area contributed by atoms with Gasteiger partial charge in [-0.2, -0.15) is 5.26 Å². The van der Waals surface area contributed by atoms with Gasteiger partial charge in [0.25, 0.3) is 5.91 Å². The van der Waals surface area contributed by atoms with Crippen molar-refractivity contribution in [1.29, 1.82) is 5.26 Å². The number of rotatable bonds is 4. The highest BCUT2D eigenvalue weighted by molar-refractivity contribution is 5.94. The molecule has 36 heavy (non-hydrogen) atoms. The predicted octanol–water partition coefficient (Wildman–Crippen LogP) is 5.63. The molecular formula is C30H36N4O2. The third-order valence-corrected chi connectivity index (χ3v) is 7.79. The van der Waals surface area contributed by atoms with Gasteiger partial charge in [0.15, 0.2) is 0 Å². The summed E-state index contributed by atoms with van der Waals surface area (Å²) in [6.45, 7) is 10.5. The van der Waals surface area contributed by atoms with Crippen molar-refractivity contribution in [1.82, 2.24) is 14.4 Å². The number of nitriles is 1. The van der Waals surface area contributed by atoms with Gasteiger partial charge >= 0.3 is 0 Å². The van der Waals surface area contributed by atoms with Gasteiger partial charge in [0, 0.05) is 60.4 Å². The maximum Gasteiger partial charge on any atom is 0.253 e. The number of hydrogen-bond acceptors (Lipinski definition) is 4. The molecule has 2 aliphatic rings. The van der Waals surface area contributed by atoms with Gasteiger partial charge < -0.3 is 14.2 Å². The van der Waals surface area contributed by atoms with Crippen molar-refractivity contribution in [2.24, 2.45) is 0 Å². The summed E-state index contributed by atoms with van der Waals surface area (Å²) in [6.07, 6.45) is 6.44. The molecule has 3 heterocycles.